The second-order valence-corrected chi connectivity index (χ2v) is 6.96. The van der Waals surface area contributed by atoms with E-state index in [4.69, 9.17) is 5.11 Å². The third-order valence-electron chi connectivity index (χ3n) is 5.05. The molecule has 0 spiro atoms. The highest BCUT2D eigenvalue weighted by molar-refractivity contribution is 5.99. The lowest BCUT2D eigenvalue weighted by molar-refractivity contribution is -0.135. The average Bonchev–Trinajstić information content (AvgIpc) is 3.07. The van der Waals surface area contributed by atoms with Crippen molar-refractivity contribution in [3.8, 4) is 0 Å². The number of aliphatic hydroxyl groups is 1. The molecular weight excluding hydrogens is 346 g/mol. The van der Waals surface area contributed by atoms with Crippen molar-refractivity contribution in [2.24, 2.45) is 0 Å². The van der Waals surface area contributed by atoms with Crippen molar-refractivity contribution in [3.05, 3.63) is 34.9 Å². The number of hydrogen-bond donors (Lipinski definition) is 2. The predicted octanol–water partition coefficient (Wildman–Crippen LogP) is 0.863. The molecule has 2 rings (SSSR count). The summed E-state index contributed by atoms with van der Waals surface area (Å²) in [5, 5.41) is 11.7. The van der Waals surface area contributed by atoms with Gasteiger partial charge in [0.1, 0.15) is 12.6 Å². The zero-order chi connectivity index (χ0) is 20.1. The van der Waals surface area contributed by atoms with Crippen LogP contribution in [0.5, 0.6) is 0 Å². The number of nitrogens with one attached hydrogen (secondary N) is 1. The zero-order valence-corrected chi connectivity index (χ0v) is 16.5. The van der Waals surface area contributed by atoms with Gasteiger partial charge in [-0.25, -0.2) is 0 Å². The Balaban J connectivity index is 2.33. The van der Waals surface area contributed by atoms with Crippen LogP contribution in [0.15, 0.2) is 18.2 Å². The summed E-state index contributed by atoms with van der Waals surface area (Å²) in [6, 6.07) is 4.68. The predicted molar refractivity (Wildman–Crippen MR) is 102 cm³/mol. The first kappa shape index (κ1) is 20.9. The van der Waals surface area contributed by atoms with Crippen LogP contribution in [0.4, 0.5) is 0 Å². The standard InChI is InChI=1S/C20H29N3O4/c1-5-22(6-2)20(27)17-10-15(21-18(25)12-24)11-23(17)19(26)16-9-13(3)7-8-14(16)4/h7-9,15,17,24H,5-6,10-12H2,1-4H3,(H,21,25)/t15-,17-/m0/s1. The normalized spacial score (nSPS) is 19.1. The van der Waals surface area contributed by atoms with Crippen molar-refractivity contribution in [1.29, 1.82) is 0 Å². The second kappa shape index (κ2) is 8.99. The minimum atomic E-state index is -0.624. The van der Waals surface area contributed by atoms with E-state index in [2.05, 4.69) is 5.32 Å². The van der Waals surface area contributed by atoms with Gasteiger partial charge in [-0.3, -0.25) is 14.4 Å². The van der Waals surface area contributed by atoms with Gasteiger partial charge in [-0.1, -0.05) is 17.7 Å². The molecule has 0 aliphatic carbocycles. The summed E-state index contributed by atoms with van der Waals surface area (Å²) < 4.78 is 0. The molecule has 1 saturated heterocycles. The monoisotopic (exact) mass is 375 g/mol. The fourth-order valence-electron chi connectivity index (χ4n) is 3.54. The van der Waals surface area contributed by atoms with Crippen LogP contribution in [0.2, 0.25) is 0 Å². The molecule has 1 aliphatic heterocycles. The van der Waals surface area contributed by atoms with Gasteiger partial charge in [0.05, 0.1) is 0 Å². The van der Waals surface area contributed by atoms with Crippen LogP contribution in [0, 0.1) is 13.8 Å². The van der Waals surface area contributed by atoms with Crippen LogP contribution in [0.1, 0.15) is 41.8 Å². The summed E-state index contributed by atoms with van der Waals surface area (Å²) in [5.74, 6) is -0.822. The van der Waals surface area contributed by atoms with E-state index in [0.717, 1.165) is 11.1 Å². The first-order chi connectivity index (χ1) is 12.8. The molecule has 2 N–H and O–H groups in total. The quantitative estimate of drug-likeness (QED) is 0.772. The molecule has 3 amide bonds. The molecule has 27 heavy (non-hydrogen) atoms. The van der Waals surface area contributed by atoms with Gasteiger partial charge in [-0.2, -0.15) is 0 Å². The van der Waals surface area contributed by atoms with Crippen molar-refractivity contribution >= 4 is 17.7 Å². The van der Waals surface area contributed by atoms with Gasteiger partial charge in [0, 0.05) is 31.2 Å². The maximum atomic E-state index is 13.2. The van der Waals surface area contributed by atoms with Crippen LogP contribution in [-0.4, -0.2) is 71.0 Å². The maximum Gasteiger partial charge on any atom is 0.254 e. The third kappa shape index (κ3) is 4.66. The van der Waals surface area contributed by atoms with Gasteiger partial charge in [-0.15, -0.1) is 0 Å². The Morgan fingerprint density at radius 3 is 2.48 bits per heavy atom. The molecule has 0 aromatic heterocycles. The lowest BCUT2D eigenvalue weighted by Crippen LogP contribution is -2.47. The molecule has 0 radical (unpaired) electrons. The van der Waals surface area contributed by atoms with Crippen molar-refractivity contribution in [3.63, 3.8) is 0 Å². The largest absolute Gasteiger partial charge is 0.387 e. The molecule has 0 saturated carbocycles. The number of aryl methyl sites for hydroxylation is 2. The molecule has 1 aliphatic rings. The number of likely N-dealkylation sites (tertiary alicyclic amines) is 1. The third-order valence-corrected chi connectivity index (χ3v) is 5.05. The highest BCUT2D eigenvalue weighted by Gasteiger charge is 2.41. The van der Waals surface area contributed by atoms with E-state index >= 15 is 0 Å². The molecule has 1 fully saturated rings. The second-order valence-electron chi connectivity index (χ2n) is 6.96. The summed E-state index contributed by atoms with van der Waals surface area (Å²) in [7, 11) is 0. The first-order valence-corrected chi connectivity index (χ1v) is 9.39. The molecule has 7 nitrogen and oxygen atoms in total. The lowest BCUT2D eigenvalue weighted by Gasteiger charge is -2.29. The van der Waals surface area contributed by atoms with Crippen molar-refractivity contribution in [2.75, 3.05) is 26.2 Å². The maximum absolute atomic E-state index is 13.2. The van der Waals surface area contributed by atoms with E-state index in [1.165, 1.54) is 0 Å². The topological polar surface area (TPSA) is 89.9 Å². The minimum Gasteiger partial charge on any atom is -0.387 e. The summed E-state index contributed by atoms with van der Waals surface area (Å²) >= 11 is 0. The number of likely N-dealkylation sites (N-methyl/N-ethyl adjacent to an activating group) is 1. The van der Waals surface area contributed by atoms with Crippen molar-refractivity contribution in [2.45, 2.75) is 46.2 Å². The van der Waals surface area contributed by atoms with E-state index < -0.39 is 18.6 Å². The van der Waals surface area contributed by atoms with Crippen LogP contribution >= 0.6 is 0 Å². The Morgan fingerprint density at radius 2 is 1.89 bits per heavy atom. The van der Waals surface area contributed by atoms with Gasteiger partial charge < -0.3 is 20.2 Å². The van der Waals surface area contributed by atoms with Gasteiger partial charge in [0.2, 0.25) is 11.8 Å². The minimum absolute atomic E-state index is 0.112. The highest BCUT2D eigenvalue weighted by atomic mass is 16.3. The number of nitrogens with zero attached hydrogens (tertiary/aromatic N) is 2. The number of hydrogen-bond acceptors (Lipinski definition) is 4. The summed E-state index contributed by atoms with van der Waals surface area (Å²) in [5.41, 5.74) is 2.39. The van der Waals surface area contributed by atoms with Gasteiger partial charge in [0.15, 0.2) is 0 Å². The molecule has 148 valence electrons. The Bertz CT molecular complexity index is 715. The Labute approximate surface area is 160 Å². The fraction of sp³-hybridized carbons (Fsp3) is 0.550. The zero-order valence-electron chi connectivity index (χ0n) is 16.5. The summed E-state index contributed by atoms with van der Waals surface area (Å²) in [4.78, 5) is 41.0. The van der Waals surface area contributed by atoms with E-state index in [9.17, 15) is 14.4 Å². The number of carbonyl (C=O) groups excluding carboxylic acids is 3. The summed E-state index contributed by atoms with van der Waals surface area (Å²) in [6.45, 7) is 8.34. The Kier molecular flexibility index (Phi) is 6.96. The SMILES string of the molecule is CCN(CC)C(=O)[C@@H]1C[C@H](NC(=O)CO)CN1C(=O)c1cc(C)ccc1C. The fourth-order valence-corrected chi connectivity index (χ4v) is 3.54. The molecule has 7 heteroatoms. The van der Waals surface area contributed by atoms with Gasteiger partial charge in [0.25, 0.3) is 5.91 Å². The van der Waals surface area contributed by atoms with Crippen LogP contribution in [0.3, 0.4) is 0 Å². The number of aliphatic hydroxyl groups excluding tert-OH is 1. The highest BCUT2D eigenvalue weighted by Crippen LogP contribution is 2.24. The van der Waals surface area contributed by atoms with Crippen molar-refractivity contribution < 1.29 is 19.5 Å². The molecule has 2 atom stereocenters. The molecule has 1 aromatic carbocycles. The summed E-state index contributed by atoms with van der Waals surface area (Å²) in [6.07, 6.45) is 0.345. The smallest absolute Gasteiger partial charge is 0.254 e. The number of rotatable bonds is 6. The van der Waals surface area contributed by atoms with E-state index in [0.29, 0.717) is 25.1 Å². The van der Waals surface area contributed by atoms with Crippen LogP contribution < -0.4 is 5.32 Å². The Hall–Kier alpha value is -2.41. The van der Waals surface area contributed by atoms with E-state index in [-0.39, 0.29) is 24.4 Å². The lowest BCUT2D eigenvalue weighted by atomic mass is 10.0. The van der Waals surface area contributed by atoms with E-state index in [1.54, 1.807) is 9.80 Å². The molecule has 0 bridgehead atoms. The number of amides is 3. The number of carbonyl (C=O) groups is 3. The van der Waals surface area contributed by atoms with Crippen molar-refractivity contribution in [1.82, 2.24) is 15.1 Å². The van der Waals surface area contributed by atoms with Crippen LogP contribution in [-0.2, 0) is 9.59 Å². The molecule has 1 aromatic rings. The average molecular weight is 375 g/mol. The van der Waals surface area contributed by atoms with Gasteiger partial charge in [-0.05, 0) is 45.7 Å². The van der Waals surface area contributed by atoms with Crippen LogP contribution in [0.25, 0.3) is 0 Å². The van der Waals surface area contributed by atoms with E-state index in [1.807, 2.05) is 45.9 Å². The first-order valence-electron chi connectivity index (χ1n) is 9.39. The van der Waals surface area contributed by atoms with Gasteiger partial charge >= 0.3 is 0 Å². The molecule has 1 heterocycles. The Morgan fingerprint density at radius 1 is 1.22 bits per heavy atom. The molecular formula is C20H29N3O4. The number of benzene rings is 1. The molecule has 0 unspecified atom stereocenters.